The average molecular weight is 371 g/mol. The Hall–Kier alpha value is -3.72. The molecule has 0 radical (unpaired) electrons. The molecule has 0 aliphatic carbocycles. The number of methoxy groups -OCH3 is 1. The van der Waals surface area contributed by atoms with Crippen LogP contribution in [0.4, 0.5) is 16.2 Å². The van der Waals surface area contributed by atoms with Gasteiger partial charge in [0.2, 0.25) is 0 Å². The zero-order valence-corrected chi connectivity index (χ0v) is 14.8. The highest BCUT2D eigenvalue weighted by atomic mass is 16.6. The third-order valence-corrected chi connectivity index (χ3v) is 3.52. The summed E-state index contributed by atoms with van der Waals surface area (Å²) >= 11 is 0. The summed E-state index contributed by atoms with van der Waals surface area (Å²) in [7, 11) is 3.34. The van der Waals surface area contributed by atoms with Crippen LogP contribution in [0.5, 0.6) is 11.5 Å². The molecule has 0 aliphatic heterocycles. The molecule has 0 aliphatic rings. The summed E-state index contributed by atoms with van der Waals surface area (Å²) in [5.74, 6) is 0.661. The summed E-state index contributed by atoms with van der Waals surface area (Å²) in [6.07, 6.45) is 2.25. The molecule has 4 N–H and O–H groups in total. The number of amides is 1. The largest absolute Gasteiger partial charge is 0.496 e. The molecule has 0 saturated carbocycles. The number of hydrogen-bond donors (Lipinski definition) is 3. The fraction of sp³-hybridized carbons (Fsp3) is 0.111. The molecule has 0 saturated heterocycles. The second-order valence-electron chi connectivity index (χ2n) is 5.28. The number of benzene rings is 2. The minimum atomic E-state index is -0.747. The predicted octanol–water partition coefficient (Wildman–Crippen LogP) is 2.40. The maximum atomic E-state index is 12.0. The molecule has 140 valence electrons. The highest BCUT2D eigenvalue weighted by molar-refractivity contribution is 6.09. The van der Waals surface area contributed by atoms with Crippen LogP contribution in [0.1, 0.15) is 5.56 Å². The Morgan fingerprint density at radius 2 is 1.96 bits per heavy atom. The maximum absolute atomic E-state index is 12.0. The minimum absolute atomic E-state index is 0.0949. The molecule has 2 rings (SSSR count). The minimum Gasteiger partial charge on any atom is -0.496 e. The van der Waals surface area contributed by atoms with E-state index in [0.717, 1.165) is 0 Å². The summed E-state index contributed by atoms with van der Waals surface area (Å²) in [5, 5.41) is 22.5. The number of nitro groups is 1. The molecule has 0 bridgehead atoms. The van der Waals surface area contributed by atoms with Crippen molar-refractivity contribution in [2.45, 2.75) is 0 Å². The summed E-state index contributed by atoms with van der Waals surface area (Å²) in [4.78, 5) is 22.1. The number of carbonyl (C=O) groups excluding carboxylic acids is 1. The molecule has 0 aromatic heterocycles. The number of quaternary nitrogens is 1. The van der Waals surface area contributed by atoms with Crippen LogP contribution in [-0.4, -0.2) is 31.4 Å². The first-order valence-corrected chi connectivity index (χ1v) is 7.90. The molecule has 2 aromatic rings. The molecular formula is C18H19N4O5+. The number of anilines is 1. The van der Waals surface area contributed by atoms with Gasteiger partial charge in [0.1, 0.15) is 17.7 Å². The maximum Gasteiger partial charge on any atom is 0.417 e. The van der Waals surface area contributed by atoms with Crippen molar-refractivity contribution < 1.29 is 24.5 Å². The Morgan fingerprint density at radius 3 is 2.52 bits per heavy atom. The third-order valence-electron chi connectivity index (χ3n) is 3.52. The normalized spacial score (nSPS) is 10.8. The molecule has 0 heterocycles. The van der Waals surface area contributed by atoms with Crippen LogP contribution in [0, 0.1) is 15.5 Å². The first-order chi connectivity index (χ1) is 13.0. The predicted molar refractivity (Wildman–Crippen MR) is 100 cm³/mol. The molecular weight excluding hydrogens is 352 g/mol. The molecule has 0 spiro atoms. The van der Waals surface area contributed by atoms with Crippen molar-refractivity contribution in [1.82, 2.24) is 0 Å². The molecule has 9 heteroatoms. The highest BCUT2D eigenvalue weighted by Gasteiger charge is 2.12. The van der Waals surface area contributed by atoms with Crippen LogP contribution >= 0.6 is 0 Å². The molecule has 2 aromatic carbocycles. The van der Waals surface area contributed by atoms with Crippen molar-refractivity contribution in [1.29, 1.82) is 5.41 Å². The van der Waals surface area contributed by atoms with E-state index in [4.69, 9.17) is 14.9 Å². The topological polar surface area (TPSA) is 131 Å². The summed E-state index contributed by atoms with van der Waals surface area (Å²) in [5.41, 5.74) is 1.71. The summed E-state index contributed by atoms with van der Waals surface area (Å²) < 4.78 is 10.4. The van der Waals surface area contributed by atoms with Gasteiger partial charge < -0.3 is 20.2 Å². The number of rotatable bonds is 7. The molecule has 0 atom stereocenters. The van der Waals surface area contributed by atoms with Crippen LogP contribution in [0.25, 0.3) is 5.57 Å². The Balaban J connectivity index is 2.12. The van der Waals surface area contributed by atoms with E-state index >= 15 is 0 Å². The summed E-state index contributed by atoms with van der Waals surface area (Å²) in [6, 6.07) is 10.2. The Labute approximate surface area is 155 Å². The number of nitrogens with two attached hydrogens (primary N) is 1. The van der Waals surface area contributed by atoms with E-state index in [-0.39, 0.29) is 11.4 Å². The van der Waals surface area contributed by atoms with E-state index in [1.807, 2.05) is 12.4 Å². The van der Waals surface area contributed by atoms with Gasteiger partial charge in [-0.15, -0.1) is 0 Å². The Morgan fingerprint density at radius 1 is 1.26 bits per heavy atom. The van der Waals surface area contributed by atoms with Crippen LogP contribution in [0.2, 0.25) is 0 Å². The zero-order chi connectivity index (χ0) is 19.8. The van der Waals surface area contributed by atoms with E-state index in [2.05, 4.69) is 5.32 Å². The average Bonchev–Trinajstić information content (AvgIpc) is 2.66. The van der Waals surface area contributed by atoms with Gasteiger partial charge >= 0.3 is 6.09 Å². The van der Waals surface area contributed by atoms with Gasteiger partial charge in [-0.25, -0.2) is 4.79 Å². The van der Waals surface area contributed by atoms with Crippen LogP contribution in [0.15, 0.2) is 48.7 Å². The highest BCUT2D eigenvalue weighted by Crippen LogP contribution is 2.28. The molecule has 27 heavy (non-hydrogen) atoms. The van der Waals surface area contributed by atoms with Crippen molar-refractivity contribution in [3.8, 4) is 11.5 Å². The molecule has 0 fully saturated rings. The van der Waals surface area contributed by atoms with E-state index in [0.29, 0.717) is 22.6 Å². The Bertz CT molecular complexity index is 878. The SMILES string of the molecule is C[NH2+]/C=C(\C=N)c1ccc(NC(=O)Oc2ccc([N+](=O)[O-])cc2)cc1OC. The smallest absolute Gasteiger partial charge is 0.417 e. The van der Waals surface area contributed by atoms with Crippen molar-refractivity contribution >= 4 is 29.3 Å². The van der Waals surface area contributed by atoms with Gasteiger partial charge in [-0.2, -0.15) is 0 Å². The number of allylic oxidation sites excluding steroid dienone is 1. The van der Waals surface area contributed by atoms with Crippen molar-refractivity contribution in [2.75, 3.05) is 19.5 Å². The fourth-order valence-corrected chi connectivity index (χ4v) is 2.29. The number of nitro benzene ring substituents is 1. The lowest BCUT2D eigenvalue weighted by atomic mass is 10.1. The fourth-order valence-electron chi connectivity index (χ4n) is 2.29. The number of non-ortho nitro benzene ring substituents is 1. The van der Waals surface area contributed by atoms with Crippen molar-refractivity contribution in [2.24, 2.45) is 0 Å². The van der Waals surface area contributed by atoms with Crippen LogP contribution in [0.3, 0.4) is 0 Å². The third kappa shape index (κ3) is 5.13. The zero-order valence-electron chi connectivity index (χ0n) is 14.8. The number of nitrogens with zero attached hydrogens (tertiary/aromatic N) is 1. The molecule has 0 unspecified atom stereocenters. The molecule has 1 amide bonds. The standard InChI is InChI=1S/C18H18N4O5/c1-20-11-12(10-19)16-8-3-13(9-17(16)26-2)21-18(23)27-15-6-4-14(5-7-15)22(24)25/h3-11,19-20H,1-2H3,(H,21,23)/p+1/b12-11+,19-10?. The van der Waals surface area contributed by atoms with Gasteiger partial charge in [0, 0.05) is 35.7 Å². The molecule has 9 nitrogen and oxygen atoms in total. The van der Waals surface area contributed by atoms with Gasteiger partial charge in [0.25, 0.3) is 5.69 Å². The van der Waals surface area contributed by atoms with Gasteiger partial charge in [-0.05, 0) is 24.3 Å². The number of nitrogens with one attached hydrogen (secondary N) is 2. The first-order valence-electron chi connectivity index (χ1n) is 7.90. The quantitative estimate of drug-likeness (QED) is 0.391. The second-order valence-corrected chi connectivity index (χ2v) is 5.28. The van der Waals surface area contributed by atoms with Gasteiger partial charge in [-0.3, -0.25) is 15.4 Å². The van der Waals surface area contributed by atoms with Crippen LogP contribution in [-0.2, 0) is 0 Å². The lowest BCUT2D eigenvalue weighted by molar-refractivity contribution is -0.555. The van der Waals surface area contributed by atoms with Crippen molar-refractivity contribution in [3.63, 3.8) is 0 Å². The van der Waals surface area contributed by atoms with Crippen LogP contribution < -0.4 is 20.1 Å². The number of ether oxygens (including phenoxy) is 2. The number of carbonyl (C=O) groups is 1. The van der Waals surface area contributed by atoms with E-state index in [1.165, 1.54) is 37.6 Å². The second kappa shape index (κ2) is 9.11. The van der Waals surface area contributed by atoms with E-state index in [9.17, 15) is 14.9 Å². The first kappa shape index (κ1) is 19.6. The van der Waals surface area contributed by atoms with Gasteiger partial charge in [0.05, 0.1) is 24.7 Å². The summed E-state index contributed by atoms with van der Waals surface area (Å²) in [6.45, 7) is 0. The van der Waals surface area contributed by atoms with Gasteiger partial charge in [-0.1, -0.05) is 0 Å². The lowest BCUT2D eigenvalue weighted by Gasteiger charge is -2.11. The monoisotopic (exact) mass is 371 g/mol. The van der Waals surface area contributed by atoms with Crippen molar-refractivity contribution in [3.05, 3.63) is 64.3 Å². The van der Waals surface area contributed by atoms with E-state index < -0.39 is 11.0 Å². The Kier molecular flexibility index (Phi) is 6.61. The lowest BCUT2D eigenvalue weighted by Crippen LogP contribution is -2.72. The van der Waals surface area contributed by atoms with Gasteiger partial charge in [0.15, 0.2) is 0 Å². The number of hydrogen-bond acceptors (Lipinski definition) is 6. The van der Waals surface area contributed by atoms with E-state index in [1.54, 1.807) is 24.4 Å².